The lowest BCUT2D eigenvalue weighted by molar-refractivity contribution is 0.209. The molecule has 3 aromatic rings. The van der Waals surface area contributed by atoms with Crippen LogP contribution in [0.5, 0.6) is 5.88 Å². The molecular formula is C22H23N3OS. The van der Waals surface area contributed by atoms with E-state index >= 15 is 0 Å². The van der Waals surface area contributed by atoms with Crippen molar-refractivity contribution < 1.29 is 4.74 Å². The quantitative estimate of drug-likeness (QED) is 0.633. The predicted octanol–water partition coefficient (Wildman–Crippen LogP) is 5.71. The van der Waals surface area contributed by atoms with Crippen molar-refractivity contribution in [2.24, 2.45) is 0 Å². The van der Waals surface area contributed by atoms with Gasteiger partial charge >= 0.3 is 0 Å². The van der Waals surface area contributed by atoms with Crippen LogP contribution in [0.1, 0.15) is 33.3 Å². The van der Waals surface area contributed by atoms with Gasteiger partial charge in [0.2, 0.25) is 10.9 Å². The number of anilines is 1. The zero-order chi connectivity index (χ0) is 19.1. The first-order valence-electron chi connectivity index (χ1n) is 9.01. The fraction of sp³-hybridized carbons (Fsp3) is 0.273. The normalized spacial score (nSPS) is 18.7. The van der Waals surface area contributed by atoms with E-state index < -0.39 is 5.06 Å². The lowest BCUT2D eigenvalue weighted by Crippen LogP contribution is -2.34. The van der Waals surface area contributed by atoms with Crippen LogP contribution in [0.15, 0.2) is 65.8 Å². The standard InChI is InChI=1S/C22H23N3OS/c1-21(2,3)16-11-9-15(10-12-16)18-13-20(24-14-23-18)26-22(4)25-17-7-5-6-8-19(17)27-22/h5-14,25H,1-4H3/t22-/m0/s1. The third-order valence-corrected chi connectivity index (χ3v) is 5.69. The third kappa shape index (κ3) is 3.78. The molecule has 1 atom stereocenters. The molecule has 0 spiro atoms. The molecule has 0 bridgehead atoms. The highest BCUT2D eigenvalue weighted by Crippen LogP contribution is 2.45. The van der Waals surface area contributed by atoms with Crippen molar-refractivity contribution in [2.75, 3.05) is 5.32 Å². The van der Waals surface area contributed by atoms with E-state index in [9.17, 15) is 0 Å². The van der Waals surface area contributed by atoms with Gasteiger partial charge in [0.25, 0.3) is 0 Å². The number of hydrogen-bond donors (Lipinski definition) is 1. The molecule has 1 aliphatic rings. The van der Waals surface area contributed by atoms with Gasteiger partial charge in [-0.1, -0.05) is 68.9 Å². The van der Waals surface area contributed by atoms with Gasteiger partial charge in [-0.3, -0.25) is 0 Å². The van der Waals surface area contributed by atoms with Crippen LogP contribution >= 0.6 is 11.8 Å². The Kier molecular flexibility index (Phi) is 4.35. The van der Waals surface area contributed by atoms with Gasteiger partial charge in [0.15, 0.2) is 0 Å². The first-order valence-corrected chi connectivity index (χ1v) is 9.82. The maximum atomic E-state index is 6.19. The largest absolute Gasteiger partial charge is 0.441 e. The van der Waals surface area contributed by atoms with E-state index in [1.807, 2.05) is 25.1 Å². The van der Waals surface area contributed by atoms with E-state index in [4.69, 9.17) is 4.74 Å². The van der Waals surface area contributed by atoms with Crippen LogP contribution in [0.3, 0.4) is 0 Å². The van der Waals surface area contributed by atoms with Crippen LogP contribution in [-0.2, 0) is 5.41 Å². The molecular weight excluding hydrogens is 354 g/mol. The van der Waals surface area contributed by atoms with Gasteiger partial charge in [-0.05, 0) is 23.1 Å². The summed E-state index contributed by atoms with van der Waals surface area (Å²) in [5, 5.41) is 2.83. The van der Waals surface area contributed by atoms with Crippen LogP contribution in [0.2, 0.25) is 0 Å². The monoisotopic (exact) mass is 377 g/mol. The molecule has 2 heterocycles. The van der Waals surface area contributed by atoms with E-state index in [2.05, 4.69) is 72.5 Å². The Labute approximate surface area is 164 Å². The fourth-order valence-electron chi connectivity index (χ4n) is 3.08. The minimum absolute atomic E-state index is 0.132. The van der Waals surface area contributed by atoms with Gasteiger partial charge in [0, 0.05) is 23.4 Å². The molecule has 1 N–H and O–H groups in total. The summed E-state index contributed by atoms with van der Waals surface area (Å²) < 4.78 is 6.19. The molecule has 27 heavy (non-hydrogen) atoms. The summed E-state index contributed by atoms with van der Waals surface area (Å²) in [7, 11) is 0. The van der Waals surface area contributed by atoms with Crippen LogP contribution < -0.4 is 10.1 Å². The molecule has 0 fully saturated rings. The molecule has 0 amide bonds. The van der Waals surface area contributed by atoms with Crippen LogP contribution in [0.4, 0.5) is 5.69 Å². The summed E-state index contributed by atoms with van der Waals surface area (Å²) in [6.45, 7) is 8.65. The number of fused-ring (bicyclic) bond motifs is 1. The average molecular weight is 378 g/mol. The van der Waals surface area contributed by atoms with Gasteiger partial charge in [-0.25, -0.2) is 9.97 Å². The molecule has 4 rings (SSSR count). The second-order valence-electron chi connectivity index (χ2n) is 7.84. The van der Waals surface area contributed by atoms with E-state index in [0.29, 0.717) is 5.88 Å². The molecule has 0 saturated carbocycles. The Morgan fingerprint density at radius 3 is 2.44 bits per heavy atom. The van der Waals surface area contributed by atoms with Gasteiger partial charge in [0.05, 0.1) is 11.4 Å². The minimum Gasteiger partial charge on any atom is -0.441 e. The maximum absolute atomic E-state index is 6.19. The molecule has 2 aromatic carbocycles. The van der Waals surface area contributed by atoms with Crippen molar-refractivity contribution >= 4 is 17.4 Å². The molecule has 138 valence electrons. The van der Waals surface area contributed by atoms with Crippen LogP contribution in [0.25, 0.3) is 11.3 Å². The molecule has 0 radical (unpaired) electrons. The fourth-order valence-corrected chi connectivity index (χ4v) is 4.16. The van der Waals surface area contributed by atoms with Gasteiger partial charge in [-0.2, -0.15) is 0 Å². The maximum Gasteiger partial charge on any atom is 0.232 e. The Hall–Kier alpha value is -2.53. The van der Waals surface area contributed by atoms with E-state index in [1.54, 1.807) is 18.1 Å². The Balaban J connectivity index is 1.55. The first kappa shape index (κ1) is 17.9. The number of nitrogens with one attached hydrogen (secondary N) is 1. The smallest absolute Gasteiger partial charge is 0.232 e. The number of ether oxygens (including phenoxy) is 1. The van der Waals surface area contributed by atoms with Crippen molar-refractivity contribution in [1.29, 1.82) is 0 Å². The number of thioether (sulfide) groups is 1. The Morgan fingerprint density at radius 1 is 1.00 bits per heavy atom. The van der Waals surface area contributed by atoms with Crippen LogP contribution in [0, 0.1) is 0 Å². The third-order valence-electron chi connectivity index (χ3n) is 4.54. The van der Waals surface area contributed by atoms with E-state index in [1.165, 1.54) is 10.5 Å². The number of nitrogens with zero attached hydrogens (tertiary/aromatic N) is 2. The molecule has 1 aromatic heterocycles. The van der Waals surface area contributed by atoms with Gasteiger partial charge in [0.1, 0.15) is 6.33 Å². The van der Waals surface area contributed by atoms with Crippen molar-refractivity contribution in [3.8, 4) is 17.1 Å². The van der Waals surface area contributed by atoms with Crippen molar-refractivity contribution in [3.05, 3.63) is 66.5 Å². The summed E-state index contributed by atoms with van der Waals surface area (Å²) in [5.41, 5.74) is 4.42. The van der Waals surface area contributed by atoms with Crippen LogP contribution in [-0.4, -0.2) is 15.0 Å². The zero-order valence-corrected chi connectivity index (χ0v) is 16.8. The van der Waals surface area contributed by atoms with Crippen molar-refractivity contribution in [2.45, 2.75) is 43.1 Å². The number of rotatable bonds is 3. The van der Waals surface area contributed by atoms with Gasteiger partial charge < -0.3 is 10.1 Å². The topological polar surface area (TPSA) is 47.0 Å². The SMILES string of the molecule is CC(C)(C)c1ccc(-c2cc(O[C@]3(C)Nc4ccccc4S3)ncn2)cc1. The molecule has 1 aliphatic heterocycles. The van der Waals surface area contributed by atoms with Gasteiger partial charge in [-0.15, -0.1) is 0 Å². The van der Waals surface area contributed by atoms with Crippen molar-refractivity contribution in [3.63, 3.8) is 0 Å². The number of aromatic nitrogens is 2. The highest BCUT2D eigenvalue weighted by atomic mass is 32.2. The highest BCUT2D eigenvalue weighted by molar-refractivity contribution is 8.01. The summed E-state index contributed by atoms with van der Waals surface area (Å²) in [5.74, 6) is 0.551. The highest BCUT2D eigenvalue weighted by Gasteiger charge is 2.35. The zero-order valence-electron chi connectivity index (χ0n) is 16.0. The Morgan fingerprint density at radius 2 is 1.74 bits per heavy atom. The number of para-hydroxylation sites is 1. The summed E-state index contributed by atoms with van der Waals surface area (Å²) in [4.78, 5) is 9.90. The molecule has 5 heteroatoms. The number of benzene rings is 2. The molecule has 0 unspecified atom stereocenters. The average Bonchev–Trinajstić information content (AvgIpc) is 2.97. The van der Waals surface area contributed by atoms with E-state index in [0.717, 1.165) is 16.9 Å². The summed E-state index contributed by atoms with van der Waals surface area (Å²) >= 11 is 1.65. The van der Waals surface area contributed by atoms with Crippen molar-refractivity contribution in [1.82, 2.24) is 9.97 Å². The predicted molar refractivity (Wildman–Crippen MR) is 111 cm³/mol. The second kappa shape index (κ2) is 6.57. The minimum atomic E-state index is -0.592. The summed E-state index contributed by atoms with van der Waals surface area (Å²) in [6.07, 6.45) is 1.55. The second-order valence-corrected chi connectivity index (χ2v) is 9.26. The summed E-state index contributed by atoms with van der Waals surface area (Å²) in [6, 6.07) is 18.6. The lowest BCUT2D eigenvalue weighted by Gasteiger charge is -2.24. The lowest BCUT2D eigenvalue weighted by atomic mass is 9.86. The number of hydrogen-bond acceptors (Lipinski definition) is 5. The molecule has 4 nitrogen and oxygen atoms in total. The molecule has 0 saturated heterocycles. The Bertz CT molecular complexity index is 939. The first-order chi connectivity index (χ1) is 12.8. The van der Waals surface area contributed by atoms with E-state index in [-0.39, 0.29) is 5.41 Å². The molecule has 0 aliphatic carbocycles.